The summed E-state index contributed by atoms with van der Waals surface area (Å²) in [6, 6.07) is 4.94. The number of amidine groups is 1. The van der Waals surface area contributed by atoms with Crippen molar-refractivity contribution < 1.29 is 14.4 Å². The molecule has 1 aliphatic heterocycles. The molecule has 0 fully saturated rings. The van der Waals surface area contributed by atoms with Gasteiger partial charge in [-0.05, 0) is 18.2 Å². The van der Waals surface area contributed by atoms with Crippen LogP contribution in [-0.2, 0) is 0 Å². The van der Waals surface area contributed by atoms with Gasteiger partial charge in [-0.3, -0.25) is 4.79 Å². The van der Waals surface area contributed by atoms with Gasteiger partial charge in [0.25, 0.3) is 0 Å². The van der Waals surface area contributed by atoms with E-state index in [0.29, 0.717) is 11.3 Å². The van der Waals surface area contributed by atoms with E-state index in [1.54, 1.807) is 12.1 Å². The van der Waals surface area contributed by atoms with Crippen molar-refractivity contribution in [2.45, 2.75) is 0 Å². The number of hydrogen-bond acceptors (Lipinski definition) is 4. The minimum absolute atomic E-state index is 0.167. The third-order valence-electron chi connectivity index (χ3n) is 2.23. The second-order valence-corrected chi connectivity index (χ2v) is 3.18. The van der Waals surface area contributed by atoms with Gasteiger partial charge in [0.15, 0.2) is 5.84 Å². The highest BCUT2D eigenvalue weighted by Crippen LogP contribution is 2.31. The second kappa shape index (κ2) is 3.58. The van der Waals surface area contributed by atoms with Crippen LogP contribution in [-0.4, -0.2) is 17.0 Å². The van der Waals surface area contributed by atoms with E-state index in [1.807, 2.05) is 0 Å². The van der Waals surface area contributed by atoms with Crippen molar-refractivity contribution in [3.8, 4) is 11.3 Å². The molecule has 0 saturated carbocycles. The number of nitrogens with zero attached hydrogens (tertiary/aromatic N) is 1. The summed E-state index contributed by atoms with van der Waals surface area (Å²) in [5, 5.41) is 11.5. The summed E-state index contributed by atoms with van der Waals surface area (Å²) in [7, 11) is 0. The SMILES string of the molecule is NC(=O)c1cc2cccoc-2c1C(N)=NO. The monoisotopic (exact) mass is 219 g/mol. The van der Waals surface area contributed by atoms with Gasteiger partial charge >= 0.3 is 0 Å². The van der Waals surface area contributed by atoms with Gasteiger partial charge in [-0.15, -0.1) is 0 Å². The number of hydrogen-bond donors (Lipinski definition) is 3. The second-order valence-electron chi connectivity index (χ2n) is 3.18. The number of primary amides is 1. The molecule has 2 aliphatic rings. The van der Waals surface area contributed by atoms with Gasteiger partial charge in [0.05, 0.1) is 17.4 Å². The predicted molar refractivity (Wildman–Crippen MR) is 56.4 cm³/mol. The maximum absolute atomic E-state index is 11.2. The van der Waals surface area contributed by atoms with E-state index < -0.39 is 5.91 Å². The van der Waals surface area contributed by atoms with Crippen LogP contribution in [0.1, 0.15) is 15.9 Å². The number of oxime groups is 1. The average Bonchev–Trinajstić information content (AvgIpc) is 2.67. The Bertz CT molecular complexity index is 544. The van der Waals surface area contributed by atoms with E-state index in [9.17, 15) is 4.79 Å². The van der Waals surface area contributed by atoms with Crippen LogP contribution < -0.4 is 11.5 Å². The molecule has 5 N–H and O–H groups in total. The molecular weight excluding hydrogens is 210 g/mol. The highest BCUT2D eigenvalue weighted by atomic mass is 16.4. The smallest absolute Gasteiger partial charge is 0.249 e. The van der Waals surface area contributed by atoms with E-state index in [-0.39, 0.29) is 17.0 Å². The molecule has 0 aromatic carbocycles. The molecule has 0 aromatic heterocycles. The molecule has 0 bridgehead atoms. The third-order valence-corrected chi connectivity index (χ3v) is 2.23. The molecule has 82 valence electrons. The Morgan fingerprint density at radius 1 is 1.44 bits per heavy atom. The van der Waals surface area contributed by atoms with Crippen LogP contribution >= 0.6 is 0 Å². The molecule has 0 spiro atoms. The van der Waals surface area contributed by atoms with Crippen molar-refractivity contribution in [2.24, 2.45) is 16.6 Å². The zero-order chi connectivity index (χ0) is 11.7. The lowest BCUT2D eigenvalue weighted by atomic mass is 10.1. The van der Waals surface area contributed by atoms with Crippen LogP contribution in [0.15, 0.2) is 34.0 Å². The zero-order valence-electron chi connectivity index (χ0n) is 8.18. The Morgan fingerprint density at radius 3 is 2.81 bits per heavy atom. The first kappa shape index (κ1) is 10.0. The normalized spacial score (nSPS) is 11.9. The molecule has 0 atom stereocenters. The van der Waals surface area contributed by atoms with E-state index >= 15 is 0 Å². The van der Waals surface area contributed by atoms with E-state index in [4.69, 9.17) is 21.1 Å². The zero-order valence-corrected chi connectivity index (χ0v) is 8.18. The number of fused-ring (bicyclic) bond motifs is 1. The van der Waals surface area contributed by atoms with Gasteiger partial charge in [-0.2, -0.15) is 0 Å². The Balaban J connectivity index is 2.78. The fourth-order valence-corrected chi connectivity index (χ4v) is 1.56. The van der Waals surface area contributed by atoms with Crippen molar-refractivity contribution in [2.75, 3.05) is 0 Å². The average molecular weight is 219 g/mol. The maximum atomic E-state index is 11.2. The largest absolute Gasteiger partial charge is 0.464 e. The molecule has 0 radical (unpaired) electrons. The topological polar surface area (TPSA) is 115 Å². The van der Waals surface area contributed by atoms with Crippen molar-refractivity contribution in [1.82, 2.24) is 0 Å². The van der Waals surface area contributed by atoms with Crippen LogP contribution in [0.4, 0.5) is 0 Å². The van der Waals surface area contributed by atoms with Crippen LogP contribution in [0.2, 0.25) is 0 Å². The Morgan fingerprint density at radius 2 is 2.19 bits per heavy atom. The maximum Gasteiger partial charge on any atom is 0.249 e. The summed E-state index contributed by atoms with van der Waals surface area (Å²) >= 11 is 0. The van der Waals surface area contributed by atoms with Gasteiger partial charge in [0.2, 0.25) is 5.91 Å². The fourth-order valence-electron chi connectivity index (χ4n) is 1.56. The van der Waals surface area contributed by atoms with Crippen molar-refractivity contribution in [3.05, 3.63) is 35.6 Å². The fraction of sp³-hybridized carbons (Fsp3) is 0. The van der Waals surface area contributed by atoms with Crippen molar-refractivity contribution in [1.29, 1.82) is 0 Å². The molecule has 1 heterocycles. The first-order valence-corrected chi connectivity index (χ1v) is 4.43. The van der Waals surface area contributed by atoms with E-state index in [1.165, 1.54) is 12.3 Å². The molecule has 2 rings (SSSR count). The lowest BCUT2D eigenvalue weighted by Crippen LogP contribution is -2.20. The van der Waals surface area contributed by atoms with Gasteiger partial charge in [-0.1, -0.05) is 5.16 Å². The highest BCUT2D eigenvalue weighted by molar-refractivity contribution is 6.13. The quantitative estimate of drug-likeness (QED) is 0.296. The predicted octanol–water partition coefficient (Wildman–Crippen LogP) is 0.578. The summed E-state index contributed by atoms with van der Waals surface area (Å²) in [6.45, 7) is 0. The van der Waals surface area contributed by atoms with Gasteiger partial charge in [0.1, 0.15) is 5.76 Å². The van der Waals surface area contributed by atoms with Crippen LogP contribution in [0.5, 0.6) is 0 Å². The lowest BCUT2D eigenvalue weighted by Gasteiger charge is -2.01. The minimum Gasteiger partial charge on any atom is -0.464 e. The van der Waals surface area contributed by atoms with E-state index in [0.717, 1.165) is 0 Å². The molecule has 6 nitrogen and oxygen atoms in total. The number of carbonyl (C=O) groups excluding carboxylic acids is 1. The summed E-state index contributed by atoms with van der Waals surface area (Å²) in [6.07, 6.45) is 1.43. The molecule has 16 heavy (non-hydrogen) atoms. The highest BCUT2D eigenvalue weighted by Gasteiger charge is 2.23. The van der Waals surface area contributed by atoms with Crippen LogP contribution in [0.25, 0.3) is 11.3 Å². The number of rotatable bonds is 2. The third kappa shape index (κ3) is 1.36. The minimum atomic E-state index is -0.659. The standard InChI is InChI=1S/C10H9N3O3/c11-9(13-15)7-6(10(12)14)4-5-2-1-3-16-8(5)7/h1-4,15H,(H2,11,13)(H2,12,14). The number of carbonyl (C=O) groups is 1. The van der Waals surface area contributed by atoms with Gasteiger partial charge in [0, 0.05) is 5.56 Å². The number of nitrogens with two attached hydrogens (primary N) is 2. The summed E-state index contributed by atoms with van der Waals surface area (Å²) in [5.41, 5.74) is 11.7. The molecule has 1 amide bonds. The summed E-state index contributed by atoms with van der Waals surface area (Å²) in [4.78, 5) is 11.2. The van der Waals surface area contributed by atoms with Crippen molar-refractivity contribution >= 4 is 11.7 Å². The van der Waals surface area contributed by atoms with Crippen LogP contribution in [0, 0.1) is 0 Å². The Kier molecular flexibility index (Phi) is 2.24. The molecule has 6 heteroatoms. The molecule has 1 aliphatic carbocycles. The molecular formula is C10H9N3O3. The lowest BCUT2D eigenvalue weighted by molar-refractivity contribution is 0.100. The summed E-state index contributed by atoms with van der Waals surface area (Å²) < 4.78 is 5.22. The first-order valence-electron chi connectivity index (χ1n) is 4.43. The van der Waals surface area contributed by atoms with Gasteiger partial charge in [-0.25, -0.2) is 0 Å². The van der Waals surface area contributed by atoms with Crippen molar-refractivity contribution in [3.63, 3.8) is 0 Å². The summed E-state index contributed by atoms with van der Waals surface area (Å²) in [5.74, 6) is -0.502. The Labute approximate surface area is 90.5 Å². The first-order chi connectivity index (χ1) is 7.65. The number of amides is 1. The molecule has 0 unspecified atom stereocenters. The van der Waals surface area contributed by atoms with E-state index in [2.05, 4.69) is 5.16 Å². The molecule has 0 saturated heterocycles. The Hall–Kier alpha value is -2.50. The molecule has 0 aromatic rings. The van der Waals surface area contributed by atoms with Gasteiger partial charge < -0.3 is 21.1 Å². The van der Waals surface area contributed by atoms with Crippen LogP contribution in [0.3, 0.4) is 0 Å².